The highest BCUT2D eigenvalue weighted by Crippen LogP contribution is 2.71. The molecule has 1 aromatic rings. The predicted molar refractivity (Wildman–Crippen MR) is 78.9 cm³/mol. The molecule has 0 saturated heterocycles. The van der Waals surface area contributed by atoms with Gasteiger partial charge in [-0.2, -0.15) is 0 Å². The molecule has 0 aliphatic heterocycles. The fourth-order valence-electron chi connectivity index (χ4n) is 6.80. The summed E-state index contributed by atoms with van der Waals surface area (Å²) in [6, 6.07) is 5.20. The summed E-state index contributed by atoms with van der Waals surface area (Å²) in [7, 11) is 0. The molecular weight excluding hydrogens is 248 g/mol. The highest BCUT2D eigenvalue weighted by molar-refractivity contribution is 5.50. The molecule has 0 aromatic heterocycles. The molecule has 4 fully saturated rings. The Labute approximate surface area is 120 Å². The standard InChI is InChI=1S/C18H24O2/c1-16-6-12-7-17(2,9-16)11-18(8-12,10-16)15-13(19)4-3-5-14(15)20/h3-5,12,19-20H,6-11H2,1-2H3. The van der Waals surface area contributed by atoms with Gasteiger partial charge in [0.25, 0.3) is 0 Å². The number of phenols is 2. The summed E-state index contributed by atoms with van der Waals surface area (Å²) in [6.07, 6.45) is 7.36. The topological polar surface area (TPSA) is 40.5 Å². The third kappa shape index (κ3) is 1.57. The average Bonchev–Trinajstić information content (AvgIpc) is 2.22. The molecule has 5 rings (SSSR count). The van der Waals surface area contributed by atoms with Crippen molar-refractivity contribution in [2.24, 2.45) is 16.7 Å². The molecule has 4 bridgehead atoms. The van der Waals surface area contributed by atoms with Gasteiger partial charge in [0.2, 0.25) is 0 Å². The van der Waals surface area contributed by atoms with Crippen LogP contribution in [0.15, 0.2) is 18.2 Å². The van der Waals surface area contributed by atoms with Gasteiger partial charge in [-0.25, -0.2) is 0 Å². The number of rotatable bonds is 1. The van der Waals surface area contributed by atoms with Crippen molar-refractivity contribution in [3.8, 4) is 11.5 Å². The molecule has 2 unspecified atom stereocenters. The first-order valence-corrected chi connectivity index (χ1v) is 7.85. The minimum atomic E-state index is -0.00164. The van der Waals surface area contributed by atoms with Crippen LogP contribution in [-0.2, 0) is 5.41 Å². The summed E-state index contributed by atoms with van der Waals surface area (Å²) < 4.78 is 0. The minimum absolute atomic E-state index is 0.00164. The molecule has 0 radical (unpaired) electrons. The third-order valence-electron chi connectivity index (χ3n) is 6.18. The molecule has 2 N–H and O–H groups in total. The van der Waals surface area contributed by atoms with Crippen LogP contribution in [-0.4, -0.2) is 10.2 Å². The normalized spacial score (nSPS) is 45.8. The monoisotopic (exact) mass is 272 g/mol. The zero-order valence-electron chi connectivity index (χ0n) is 12.4. The first-order valence-electron chi connectivity index (χ1n) is 7.85. The maximum Gasteiger partial charge on any atom is 0.123 e. The van der Waals surface area contributed by atoms with E-state index in [1.807, 2.05) is 0 Å². The Kier molecular flexibility index (Phi) is 2.21. The van der Waals surface area contributed by atoms with Gasteiger partial charge >= 0.3 is 0 Å². The van der Waals surface area contributed by atoms with E-state index in [1.54, 1.807) is 18.2 Å². The van der Waals surface area contributed by atoms with Crippen LogP contribution in [0.1, 0.15) is 57.9 Å². The Balaban J connectivity index is 1.89. The average molecular weight is 272 g/mol. The third-order valence-corrected chi connectivity index (χ3v) is 6.18. The van der Waals surface area contributed by atoms with E-state index in [-0.39, 0.29) is 5.41 Å². The second-order valence-corrected chi connectivity index (χ2v) is 8.58. The highest BCUT2D eigenvalue weighted by Gasteiger charge is 2.61. The van der Waals surface area contributed by atoms with Crippen LogP contribution in [0.5, 0.6) is 11.5 Å². The fraction of sp³-hybridized carbons (Fsp3) is 0.667. The van der Waals surface area contributed by atoms with Crippen molar-refractivity contribution >= 4 is 0 Å². The lowest BCUT2D eigenvalue weighted by molar-refractivity contribution is -0.110. The van der Waals surface area contributed by atoms with Crippen molar-refractivity contribution in [1.29, 1.82) is 0 Å². The molecule has 0 amide bonds. The molecule has 4 saturated carbocycles. The SMILES string of the molecule is CC12CC3CC(C)(C1)CC(c1c(O)cccc1O)(C3)C2. The summed E-state index contributed by atoms with van der Waals surface area (Å²) in [5, 5.41) is 20.7. The Bertz CT molecular complexity index is 539. The summed E-state index contributed by atoms with van der Waals surface area (Å²) in [5.41, 5.74) is 1.62. The maximum absolute atomic E-state index is 10.4. The molecule has 4 aliphatic rings. The Morgan fingerprint density at radius 2 is 1.45 bits per heavy atom. The van der Waals surface area contributed by atoms with Gasteiger partial charge in [0.05, 0.1) is 0 Å². The second-order valence-electron chi connectivity index (χ2n) is 8.58. The van der Waals surface area contributed by atoms with Crippen LogP contribution >= 0.6 is 0 Å². The zero-order valence-corrected chi connectivity index (χ0v) is 12.4. The zero-order chi connectivity index (χ0) is 14.2. The van der Waals surface area contributed by atoms with Crippen LogP contribution in [0.4, 0.5) is 0 Å². The van der Waals surface area contributed by atoms with E-state index in [9.17, 15) is 10.2 Å². The molecule has 4 aliphatic carbocycles. The summed E-state index contributed by atoms with van der Waals surface area (Å²) in [4.78, 5) is 0. The van der Waals surface area contributed by atoms with Gasteiger partial charge in [0, 0.05) is 11.0 Å². The van der Waals surface area contributed by atoms with Gasteiger partial charge in [-0.1, -0.05) is 19.9 Å². The quantitative estimate of drug-likeness (QED) is 0.798. The van der Waals surface area contributed by atoms with E-state index in [2.05, 4.69) is 13.8 Å². The first kappa shape index (κ1) is 12.6. The van der Waals surface area contributed by atoms with Crippen molar-refractivity contribution in [2.75, 3.05) is 0 Å². The van der Waals surface area contributed by atoms with Crippen LogP contribution in [0, 0.1) is 16.7 Å². The molecule has 2 heteroatoms. The van der Waals surface area contributed by atoms with Crippen molar-refractivity contribution in [3.05, 3.63) is 23.8 Å². The molecule has 108 valence electrons. The molecular formula is C18H24O2. The van der Waals surface area contributed by atoms with Crippen molar-refractivity contribution in [3.63, 3.8) is 0 Å². The Morgan fingerprint density at radius 1 is 0.900 bits per heavy atom. The van der Waals surface area contributed by atoms with Gasteiger partial charge < -0.3 is 10.2 Å². The van der Waals surface area contributed by atoms with Crippen LogP contribution in [0.2, 0.25) is 0 Å². The van der Waals surface area contributed by atoms with E-state index in [0.717, 1.165) is 30.7 Å². The van der Waals surface area contributed by atoms with E-state index in [0.29, 0.717) is 22.3 Å². The second kappa shape index (κ2) is 3.52. The molecule has 1 aromatic carbocycles. The van der Waals surface area contributed by atoms with E-state index in [1.165, 1.54) is 19.3 Å². The number of benzene rings is 1. The van der Waals surface area contributed by atoms with Crippen molar-refractivity contribution in [2.45, 2.75) is 57.8 Å². The fourth-order valence-corrected chi connectivity index (χ4v) is 6.80. The summed E-state index contributed by atoms with van der Waals surface area (Å²) >= 11 is 0. The number of hydrogen-bond acceptors (Lipinski definition) is 2. The largest absolute Gasteiger partial charge is 0.508 e. The van der Waals surface area contributed by atoms with Gasteiger partial charge in [0.15, 0.2) is 0 Å². The Morgan fingerprint density at radius 3 is 1.95 bits per heavy atom. The van der Waals surface area contributed by atoms with Gasteiger partial charge in [-0.05, 0) is 67.4 Å². The van der Waals surface area contributed by atoms with Crippen LogP contribution < -0.4 is 0 Å². The van der Waals surface area contributed by atoms with Crippen LogP contribution in [0.3, 0.4) is 0 Å². The van der Waals surface area contributed by atoms with Crippen LogP contribution in [0.25, 0.3) is 0 Å². The summed E-state index contributed by atoms with van der Waals surface area (Å²) in [5.74, 6) is 1.35. The van der Waals surface area contributed by atoms with E-state index in [4.69, 9.17) is 0 Å². The van der Waals surface area contributed by atoms with Crippen molar-refractivity contribution in [1.82, 2.24) is 0 Å². The number of hydrogen-bond donors (Lipinski definition) is 2. The van der Waals surface area contributed by atoms with E-state index >= 15 is 0 Å². The smallest absolute Gasteiger partial charge is 0.123 e. The minimum Gasteiger partial charge on any atom is -0.508 e. The number of aromatic hydroxyl groups is 2. The lowest BCUT2D eigenvalue weighted by Crippen LogP contribution is -2.56. The van der Waals surface area contributed by atoms with Crippen molar-refractivity contribution < 1.29 is 10.2 Å². The first-order chi connectivity index (χ1) is 9.33. The molecule has 0 spiro atoms. The van der Waals surface area contributed by atoms with Gasteiger partial charge in [-0.15, -0.1) is 0 Å². The predicted octanol–water partition coefficient (Wildman–Crippen LogP) is 4.35. The van der Waals surface area contributed by atoms with Gasteiger partial charge in [0.1, 0.15) is 11.5 Å². The highest BCUT2D eigenvalue weighted by atomic mass is 16.3. The lowest BCUT2D eigenvalue weighted by atomic mass is 9.39. The molecule has 0 heterocycles. The molecule has 2 atom stereocenters. The summed E-state index contributed by atoms with van der Waals surface area (Å²) in [6.45, 7) is 4.84. The number of phenolic OH excluding ortho intramolecular Hbond substituents is 2. The van der Waals surface area contributed by atoms with Gasteiger partial charge in [-0.3, -0.25) is 0 Å². The van der Waals surface area contributed by atoms with E-state index < -0.39 is 0 Å². The lowest BCUT2D eigenvalue weighted by Gasteiger charge is -2.65. The maximum atomic E-state index is 10.4. The molecule has 2 nitrogen and oxygen atoms in total. The molecule has 20 heavy (non-hydrogen) atoms. The Hall–Kier alpha value is -1.18.